The second-order valence-electron chi connectivity index (χ2n) is 7.71. The Kier molecular flexibility index (Phi) is 5.09. The van der Waals surface area contributed by atoms with E-state index in [0.717, 1.165) is 5.56 Å². The second kappa shape index (κ2) is 7.97. The van der Waals surface area contributed by atoms with Gasteiger partial charge in [0.1, 0.15) is 23.0 Å². The molecule has 1 amide bonds. The number of aromatic nitrogens is 2. The van der Waals surface area contributed by atoms with E-state index in [9.17, 15) is 9.18 Å². The van der Waals surface area contributed by atoms with E-state index in [1.165, 1.54) is 18.2 Å². The molecular formula is C24H20ClFN4O3. The summed E-state index contributed by atoms with van der Waals surface area (Å²) in [5.41, 5.74) is 9.40. The van der Waals surface area contributed by atoms with Crippen LogP contribution >= 0.6 is 11.6 Å². The van der Waals surface area contributed by atoms with Gasteiger partial charge in [-0.25, -0.2) is 9.37 Å². The first-order valence-electron chi connectivity index (χ1n) is 10.1. The van der Waals surface area contributed by atoms with Crippen molar-refractivity contribution in [2.75, 3.05) is 20.0 Å². The van der Waals surface area contributed by atoms with Gasteiger partial charge in [0.2, 0.25) is 0 Å². The molecule has 33 heavy (non-hydrogen) atoms. The van der Waals surface area contributed by atoms with Crippen molar-refractivity contribution in [3.63, 3.8) is 0 Å². The van der Waals surface area contributed by atoms with Gasteiger partial charge in [0.05, 0.1) is 38.1 Å². The molecule has 0 spiro atoms. The van der Waals surface area contributed by atoms with Gasteiger partial charge in [-0.05, 0) is 30.3 Å². The lowest BCUT2D eigenvalue weighted by Crippen LogP contribution is -2.29. The molecule has 1 unspecified atom stereocenters. The first-order chi connectivity index (χ1) is 15.9. The maximum Gasteiger partial charge on any atom is 0.259 e. The van der Waals surface area contributed by atoms with Crippen LogP contribution in [0.2, 0.25) is 5.02 Å². The number of halogens is 2. The number of anilines is 1. The molecule has 0 radical (unpaired) electrons. The molecule has 1 aliphatic heterocycles. The van der Waals surface area contributed by atoms with Gasteiger partial charge in [-0.15, -0.1) is 0 Å². The molecule has 3 heterocycles. The zero-order valence-corrected chi connectivity index (χ0v) is 18.6. The summed E-state index contributed by atoms with van der Waals surface area (Å²) < 4.78 is 26.8. The SMILES string of the molecule is COc1ccc(CN2C(=O)c3c(c(N)cn4ccnc34)C2c2cc(F)ccc2Cl)c(OC)c1. The number of nitrogen functional groups attached to an aromatic ring is 1. The Labute approximate surface area is 194 Å². The molecule has 1 atom stereocenters. The van der Waals surface area contributed by atoms with Gasteiger partial charge in [0, 0.05) is 46.4 Å². The highest BCUT2D eigenvalue weighted by Gasteiger charge is 2.42. The standard InChI is InChI=1S/C24H20ClFN4O3/c1-32-15-5-3-13(19(10-15)33-2)11-30-22(16-9-14(26)4-6-17(16)25)20-18(27)12-29-8-7-28-23(29)21(20)24(30)31/h3-10,12,22H,11,27H2,1-2H3. The van der Waals surface area contributed by atoms with Gasteiger partial charge in [0.15, 0.2) is 0 Å². The van der Waals surface area contributed by atoms with Gasteiger partial charge < -0.3 is 24.5 Å². The normalized spacial score (nSPS) is 15.2. The van der Waals surface area contributed by atoms with Crippen molar-refractivity contribution in [2.24, 2.45) is 0 Å². The largest absolute Gasteiger partial charge is 0.497 e. The smallest absolute Gasteiger partial charge is 0.259 e. The van der Waals surface area contributed by atoms with E-state index in [1.807, 2.05) is 6.07 Å². The van der Waals surface area contributed by atoms with E-state index in [4.69, 9.17) is 26.8 Å². The van der Waals surface area contributed by atoms with Gasteiger partial charge in [-0.1, -0.05) is 11.6 Å². The predicted octanol–water partition coefficient (Wildman–Crippen LogP) is 4.47. The zero-order valence-electron chi connectivity index (χ0n) is 17.9. The summed E-state index contributed by atoms with van der Waals surface area (Å²) in [6.45, 7) is 0.171. The van der Waals surface area contributed by atoms with Crippen LogP contribution in [-0.2, 0) is 6.54 Å². The summed E-state index contributed by atoms with van der Waals surface area (Å²) in [4.78, 5) is 19.8. The van der Waals surface area contributed by atoms with E-state index >= 15 is 0 Å². The summed E-state index contributed by atoms with van der Waals surface area (Å²) >= 11 is 6.50. The lowest BCUT2D eigenvalue weighted by molar-refractivity contribution is 0.0735. The van der Waals surface area contributed by atoms with E-state index in [1.54, 1.807) is 54.2 Å². The minimum atomic E-state index is -0.704. The molecule has 2 N–H and O–H groups in total. The van der Waals surface area contributed by atoms with Crippen molar-refractivity contribution < 1.29 is 18.7 Å². The van der Waals surface area contributed by atoms with Crippen LogP contribution in [0.1, 0.15) is 33.1 Å². The van der Waals surface area contributed by atoms with Crippen LogP contribution in [0.4, 0.5) is 10.1 Å². The van der Waals surface area contributed by atoms with Gasteiger partial charge >= 0.3 is 0 Å². The van der Waals surface area contributed by atoms with Crippen LogP contribution in [0.3, 0.4) is 0 Å². The molecule has 0 aliphatic carbocycles. The number of amides is 1. The highest BCUT2D eigenvalue weighted by Crippen LogP contribution is 2.46. The highest BCUT2D eigenvalue weighted by molar-refractivity contribution is 6.31. The fraction of sp³-hybridized carbons (Fsp3) is 0.167. The number of fused-ring (bicyclic) bond motifs is 3. The van der Waals surface area contributed by atoms with Crippen molar-refractivity contribution in [3.05, 3.63) is 88.1 Å². The summed E-state index contributed by atoms with van der Waals surface area (Å²) in [7, 11) is 3.11. The molecule has 1 aliphatic rings. The fourth-order valence-corrected chi connectivity index (χ4v) is 4.61. The molecule has 0 saturated carbocycles. The number of benzene rings is 2. The molecule has 0 fully saturated rings. The number of methoxy groups -OCH3 is 2. The highest BCUT2D eigenvalue weighted by atomic mass is 35.5. The number of carbonyl (C=O) groups excluding carboxylic acids is 1. The lowest BCUT2D eigenvalue weighted by atomic mass is 9.97. The number of nitrogens with two attached hydrogens (primary N) is 1. The number of imidazole rings is 1. The molecular weight excluding hydrogens is 447 g/mol. The Morgan fingerprint density at radius 2 is 2.00 bits per heavy atom. The Balaban J connectivity index is 1.72. The summed E-state index contributed by atoms with van der Waals surface area (Å²) in [5.74, 6) is 0.440. The first-order valence-corrected chi connectivity index (χ1v) is 10.5. The third-order valence-corrected chi connectivity index (χ3v) is 6.24. The number of carbonyl (C=O) groups is 1. The molecule has 2 aromatic heterocycles. The number of hydrogen-bond donors (Lipinski definition) is 1. The Bertz CT molecular complexity index is 1400. The molecule has 7 nitrogen and oxygen atoms in total. The van der Waals surface area contributed by atoms with Gasteiger partial charge in [0.25, 0.3) is 5.91 Å². The van der Waals surface area contributed by atoms with Gasteiger partial charge in [-0.2, -0.15) is 0 Å². The third-order valence-electron chi connectivity index (χ3n) is 5.90. The van der Waals surface area contributed by atoms with Crippen LogP contribution in [0.25, 0.3) is 5.65 Å². The maximum atomic E-state index is 14.3. The predicted molar refractivity (Wildman–Crippen MR) is 122 cm³/mol. The van der Waals surface area contributed by atoms with E-state index in [-0.39, 0.29) is 12.5 Å². The molecule has 0 saturated heterocycles. The molecule has 2 aromatic carbocycles. The third kappa shape index (κ3) is 3.34. The zero-order chi connectivity index (χ0) is 23.3. The number of hydrogen-bond acceptors (Lipinski definition) is 5. The van der Waals surface area contributed by atoms with Crippen LogP contribution in [0.5, 0.6) is 11.5 Å². The average molecular weight is 467 g/mol. The second-order valence-corrected chi connectivity index (χ2v) is 8.12. The van der Waals surface area contributed by atoms with Gasteiger partial charge in [-0.3, -0.25) is 4.79 Å². The van der Waals surface area contributed by atoms with Crippen molar-refractivity contribution in [1.29, 1.82) is 0 Å². The van der Waals surface area contributed by atoms with Crippen LogP contribution in [0.15, 0.2) is 55.0 Å². The van der Waals surface area contributed by atoms with E-state index < -0.39 is 11.9 Å². The quantitative estimate of drug-likeness (QED) is 0.469. The Hall–Kier alpha value is -3.78. The monoisotopic (exact) mass is 466 g/mol. The van der Waals surface area contributed by atoms with E-state index in [0.29, 0.717) is 44.5 Å². The maximum absolute atomic E-state index is 14.3. The number of pyridine rings is 1. The van der Waals surface area contributed by atoms with Crippen LogP contribution in [0, 0.1) is 5.82 Å². The topological polar surface area (TPSA) is 82.1 Å². The van der Waals surface area contributed by atoms with Crippen molar-refractivity contribution in [3.8, 4) is 11.5 Å². The molecule has 5 rings (SSSR count). The Morgan fingerprint density at radius 1 is 1.18 bits per heavy atom. The number of nitrogens with zero attached hydrogens (tertiary/aromatic N) is 3. The summed E-state index contributed by atoms with van der Waals surface area (Å²) in [5, 5.41) is 0.330. The summed E-state index contributed by atoms with van der Waals surface area (Å²) in [6, 6.07) is 8.75. The van der Waals surface area contributed by atoms with Crippen LogP contribution < -0.4 is 15.2 Å². The fourth-order valence-electron chi connectivity index (χ4n) is 4.39. The van der Waals surface area contributed by atoms with E-state index in [2.05, 4.69) is 4.98 Å². The van der Waals surface area contributed by atoms with Crippen molar-refractivity contribution in [1.82, 2.24) is 14.3 Å². The summed E-state index contributed by atoms with van der Waals surface area (Å²) in [6.07, 6.45) is 5.02. The molecule has 9 heteroatoms. The lowest BCUT2D eigenvalue weighted by Gasteiger charge is -2.28. The van der Waals surface area contributed by atoms with Crippen molar-refractivity contribution >= 4 is 28.8 Å². The average Bonchev–Trinajstić information content (AvgIpc) is 3.38. The minimum Gasteiger partial charge on any atom is -0.497 e. The number of rotatable bonds is 5. The molecule has 4 aromatic rings. The number of ether oxygens (including phenoxy) is 2. The Morgan fingerprint density at radius 3 is 2.76 bits per heavy atom. The molecule has 168 valence electrons. The van der Waals surface area contributed by atoms with Crippen LogP contribution in [-0.4, -0.2) is 34.4 Å². The first kappa shape index (κ1) is 21.1. The molecule has 0 bridgehead atoms. The van der Waals surface area contributed by atoms with Crippen molar-refractivity contribution in [2.45, 2.75) is 12.6 Å². The minimum absolute atomic E-state index is 0.171.